The maximum atomic E-state index is 12.4. The number of rotatable bonds is 7. The van der Waals surface area contributed by atoms with Gasteiger partial charge < -0.3 is 15.2 Å². The number of halogens is 1. The second kappa shape index (κ2) is 10.7. The van der Waals surface area contributed by atoms with Crippen molar-refractivity contribution in [2.75, 3.05) is 19.9 Å². The summed E-state index contributed by atoms with van der Waals surface area (Å²) in [4.78, 5) is 4.94. The fourth-order valence-electron chi connectivity index (χ4n) is 5.59. The predicted molar refractivity (Wildman–Crippen MR) is 151 cm³/mol. The minimum absolute atomic E-state index is 0.0715. The number of hydrogen-bond acceptors (Lipinski definition) is 6. The third-order valence-corrected chi connectivity index (χ3v) is 8.73. The lowest BCUT2D eigenvalue weighted by Crippen LogP contribution is -2.52. The number of nitrogens with zero attached hydrogens (tertiary/aromatic N) is 1. The minimum Gasteiger partial charge on any atom is -0.481 e. The Kier molecular flexibility index (Phi) is 7.47. The van der Waals surface area contributed by atoms with Crippen molar-refractivity contribution in [3.63, 3.8) is 0 Å². The molecular formula is C30H31ClN2O4S. The number of ether oxygens (including phenoxy) is 1. The molecule has 4 aromatic rings. The van der Waals surface area contributed by atoms with Crippen LogP contribution in [0, 0.1) is 0 Å². The summed E-state index contributed by atoms with van der Waals surface area (Å²) in [5.41, 5.74) is 2.30. The van der Waals surface area contributed by atoms with Crippen LogP contribution in [0.3, 0.4) is 0 Å². The maximum absolute atomic E-state index is 12.4. The third kappa shape index (κ3) is 5.57. The van der Waals surface area contributed by atoms with Gasteiger partial charge in [0.15, 0.2) is 9.84 Å². The zero-order valence-electron chi connectivity index (χ0n) is 21.4. The highest BCUT2D eigenvalue weighted by molar-refractivity contribution is 7.90. The van der Waals surface area contributed by atoms with Crippen LogP contribution in [-0.4, -0.2) is 50.1 Å². The van der Waals surface area contributed by atoms with Crippen LogP contribution in [0.15, 0.2) is 83.8 Å². The van der Waals surface area contributed by atoms with Gasteiger partial charge >= 0.3 is 0 Å². The molecule has 8 heteroatoms. The molecular weight excluding hydrogens is 520 g/mol. The van der Waals surface area contributed by atoms with Crippen molar-refractivity contribution in [1.29, 1.82) is 0 Å². The molecule has 0 aliphatic carbocycles. The minimum atomic E-state index is -3.40. The summed E-state index contributed by atoms with van der Waals surface area (Å²) >= 11 is 6.23. The number of sulfone groups is 1. The van der Waals surface area contributed by atoms with E-state index < -0.39 is 21.4 Å². The summed E-state index contributed by atoms with van der Waals surface area (Å²) < 4.78 is 30.3. The van der Waals surface area contributed by atoms with Crippen LogP contribution < -0.4 is 10.1 Å². The number of benzene rings is 3. The average molecular weight is 551 g/mol. The molecule has 1 saturated heterocycles. The lowest BCUT2D eigenvalue weighted by molar-refractivity contribution is -0.0191. The average Bonchev–Trinajstić information content (AvgIpc) is 2.89. The van der Waals surface area contributed by atoms with Crippen molar-refractivity contribution in [1.82, 2.24) is 10.3 Å². The van der Waals surface area contributed by atoms with Crippen LogP contribution in [0.5, 0.6) is 5.88 Å². The first-order valence-electron chi connectivity index (χ1n) is 12.6. The maximum Gasteiger partial charge on any atom is 0.217 e. The van der Waals surface area contributed by atoms with Crippen LogP contribution in [0.1, 0.15) is 35.4 Å². The van der Waals surface area contributed by atoms with Gasteiger partial charge in [0, 0.05) is 34.2 Å². The number of nitrogens with one attached hydrogen (secondary N) is 1. The van der Waals surface area contributed by atoms with Crippen LogP contribution >= 0.6 is 11.6 Å². The van der Waals surface area contributed by atoms with Gasteiger partial charge in [-0.2, -0.15) is 0 Å². The Morgan fingerprint density at radius 3 is 2.53 bits per heavy atom. The molecule has 3 atom stereocenters. The van der Waals surface area contributed by atoms with E-state index in [1.165, 1.54) is 11.8 Å². The van der Waals surface area contributed by atoms with E-state index in [1.54, 1.807) is 25.3 Å². The standard InChI is InChI=1S/C30H31ClN2O4S/c1-37-29-26(18-22-17-25(38(2,35)36)12-13-27(22)33-29)28(21-8-10-23(31)11-9-21)30(34)14-15-32-24(19-30)16-20-6-4-3-5-7-20/h3-13,17-18,24,28,32,34H,14-16,19H2,1-2H3/t24-,28?,30?/m1/s1. The van der Waals surface area contributed by atoms with Gasteiger partial charge in [0.25, 0.3) is 0 Å². The lowest BCUT2D eigenvalue weighted by atomic mass is 9.70. The summed E-state index contributed by atoms with van der Waals surface area (Å²) in [6.45, 7) is 0.652. The monoisotopic (exact) mass is 550 g/mol. The van der Waals surface area contributed by atoms with Gasteiger partial charge in [0.2, 0.25) is 5.88 Å². The highest BCUT2D eigenvalue weighted by atomic mass is 35.5. The first-order valence-corrected chi connectivity index (χ1v) is 14.9. The predicted octanol–water partition coefficient (Wildman–Crippen LogP) is 5.16. The molecule has 2 heterocycles. The highest BCUT2D eigenvalue weighted by Gasteiger charge is 2.44. The van der Waals surface area contributed by atoms with Crippen molar-refractivity contribution in [3.05, 3.63) is 101 Å². The van der Waals surface area contributed by atoms with E-state index in [1.807, 2.05) is 48.5 Å². The van der Waals surface area contributed by atoms with E-state index >= 15 is 0 Å². The van der Waals surface area contributed by atoms with Gasteiger partial charge in [-0.05, 0) is 73.3 Å². The van der Waals surface area contributed by atoms with Gasteiger partial charge in [0.05, 0.1) is 23.1 Å². The molecule has 0 bridgehead atoms. The van der Waals surface area contributed by atoms with E-state index in [2.05, 4.69) is 17.4 Å². The smallest absolute Gasteiger partial charge is 0.217 e. The van der Waals surface area contributed by atoms with E-state index in [4.69, 9.17) is 21.3 Å². The molecule has 2 unspecified atom stereocenters. The third-order valence-electron chi connectivity index (χ3n) is 7.37. The Balaban J connectivity index is 1.63. The molecule has 1 aromatic heterocycles. The van der Waals surface area contributed by atoms with Crippen LogP contribution in [0.4, 0.5) is 0 Å². The first kappa shape index (κ1) is 26.6. The van der Waals surface area contributed by atoms with Gasteiger partial charge in [-0.1, -0.05) is 54.1 Å². The molecule has 5 rings (SSSR count). The molecule has 0 amide bonds. The van der Waals surface area contributed by atoms with E-state index in [0.717, 1.165) is 12.0 Å². The van der Waals surface area contributed by atoms with Crippen LogP contribution in [-0.2, 0) is 16.3 Å². The fourth-order valence-corrected chi connectivity index (χ4v) is 6.37. The first-order chi connectivity index (χ1) is 18.2. The van der Waals surface area contributed by atoms with E-state index in [-0.39, 0.29) is 10.9 Å². The number of aliphatic hydroxyl groups is 1. The van der Waals surface area contributed by atoms with Gasteiger partial charge in [0.1, 0.15) is 0 Å². The molecule has 6 nitrogen and oxygen atoms in total. The number of piperidine rings is 1. The Bertz CT molecular complexity index is 1540. The van der Waals surface area contributed by atoms with Crippen LogP contribution in [0.25, 0.3) is 10.9 Å². The van der Waals surface area contributed by atoms with Crippen molar-refractivity contribution < 1.29 is 18.3 Å². The molecule has 0 spiro atoms. The Morgan fingerprint density at radius 1 is 1.11 bits per heavy atom. The van der Waals surface area contributed by atoms with Crippen molar-refractivity contribution in [2.24, 2.45) is 0 Å². The van der Waals surface area contributed by atoms with E-state index in [0.29, 0.717) is 46.8 Å². The van der Waals surface area contributed by atoms with Crippen molar-refractivity contribution in [2.45, 2.75) is 41.7 Å². The summed E-state index contributed by atoms with van der Waals surface area (Å²) in [6, 6.07) is 24.6. The summed E-state index contributed by atoms with van der Waals surface area (Å²) in [5.74, 6) is -0.0787. The second-order valence-electron chi connectivity index (χ2n) is 10.1. The lowest BCUT2D eigenvalue weighted by Gasteiger charge is -2.43. The Morgan fingerprint density at radius 2 is 1.84 bits per heavy atom. The zero-order valence-corrected chi connectivity index (χ0v) is 23.0. The summed E-state index contributed by atoms with van der Waals surface area (Å²) in [5, 5.41) is 17.2. The molecule has 1 fully saturated rings. The number of methoxy groups -OCH3 is 1. The van der Waals surface area contributed by atoms with E-state index in [9.17, 15) is 13.5 Å². The quantitative estimate of drug-likeness (QED) is 0.330. The second-order valence-corrected chi connectivity index (χ2v) is 12.5. The molecule has 2 N–H and O–H groups in total. The molecule has 1 aliphatic heterocycles. The SMILES string of the molecule is COc1nc2ccc(S(C)(=O)=O)cc2cc1C(c1ccc(Cl)cc1)C1(O)CCN[C@H](Cc2ccccc2)C1. The number of hydrogen-bond donors (Lipinski definition) is 2. The molecule has 3 aromatic carbocycles. The normalized spacial score (nSPS) is 20.8. The van der Waals surface area contributed by atoms with Gasteiger partial charge in [-0.3, -0.25) is 0 Å². The fraction of sp³-hybridized carbons (Fsp3) is 0.300. The molecule has 38 heavy (non-hydrogen) atoms. The van der Waals surface area contributed by atoms with Crippen LogP contribution in [0.2, 0.25) is 5.02 Å². The highest BCUT2D eigenvalue weighted by Crippen LogP contribution is 2.45. The summed E-state index contributed by atoms with van der Waals surface area (Å²) in [6.07, 6.45) is 3.02. The molecule has 198 valence electrons. The topological polar surface area (TPSA) is 88.5 Å². The molecule has 0 saturated carbocycles. The van der Waals surface area contributed by atoms with Gasteiger partial charge in [-0.25, -0.2) is 13.4 Å². The largest absolute Gasteiger partial charge is 0.481 e. The van der Waals surface area contributed by atoms with Gasteiger partial charge in [-0.15, -0.1) is 0 Å². The Hall–Kier alpha value is -2.97. The zero-order chi connectivity index (χ0) is 26.9. The molecule has 0 radical (unpaired) electrons. The number of pyridine rings is 1. The van der Waals surface area contributed by atoms with Crippen molar-refractivity contribution in [3.8, 4) is 5.88 Å². The number of fused-ring (bicyclic) bond motifs is 1. The van der Waals surface area contributed by atoms with Crippen molar-refractivity contribution >= 4 is 32.3 Å². The summed E-state index contributed by atoms with van der Waals surface area (Å²) in [7, 11) is -1.84. The number of aromatic nitrogens is 1. The molecule has 1 aliphatic rings. The Labute approximate surface area is 228 Å².